The molecule has 4 aliphatic rings. The fraction of sp³-hybridized carbons (Fsp3) is 0.536. The summed E-state index contributed by atoms with van der Waals surface area (Å²) in [5.41, 5.74) is -0.787. The minimum absolute atomic E-state index is 0.0633. The molecular formula is C28H31ClFNO3. The standard InChI is InChI=1S/C28H31ClFNO3/c1-26-11-9-22-24(33)27(30)15-19(32)4-3-18(27)8-12-28(22,34)23(26)7-6-21(26)17-2-5-20-16(14-17)10-13-31-25(20)29/h2,5-6,9-10,13-14,18-19,23-24,32-34H,3-4,7-8,11-12,15H2,1H3/t18?,19?,23?,24?,26?,27?,28-/m1/s1. The van der Waals surface area contributed by atoms with Crippen molar-refractivity contribution < 1.29 is 19.7 Å². The summed E-state index contributed by atoms with van der Waals surface area (Å²) in [4.78, 5) is 4.16. The molecule has 34 heavy (non-hydrogen) atoms. The number of alkyl halides is 1. The molecule has 2 aromatic rings. The number of nitrogens with zero attached hydrogens (tertiary/aromatic N) is 1. The van der Waals surface area contributed by atoms with E-state index in [4.69, 9.17) is 11.6 Å². The molecule has 0 aliphatic heterocycles. The minimum atomic E-state index is -1.89. The summed E-state index contributed by atoms with van der Waals surface area (Å²) in [7, 11) is 0. The van der Waals surface area contributed by atoms with E-state index in [9.17, 15) is 15.3 Å². The highest BCUT2D eigenvalue weighted by molar-refractivity contribution is 6.34. The van der Waals surface area contributed by atoms with Crippen molar-refractivity contribution in [3.63, 3.8) is 0 Å². The largest absolute Gasteiger partial charge is 0.393 e. The number of benzene rings is 1. The Morgan fingerprint density at radius 2 is 1.94 bits per heavy atom. The van der Waals surface area contributed by atoms with E-state index in [0.29, 0.717) is 49.3 Å². The maximum absolute atomic E-state index is 16.2. The Bertz CT molecular complexity index is 1230. The first kappa shape index (κ1) is 22.7. The maximum atomic E-state index is 16.2. The number of hydrogen-bond donors (Lipinski definition) is 3. The van der Waals surface area contributed by atoms with Crippen LogP contribution in [0.25, 0.3) is 16.3 Å². The zero-order valence-corrected chi connectivity index (χ0v) is 20.1. The summed E-state index contributed by atoms with van der Waals surface area (Å²) in [5.74, 6) is -0.490. The first-order valence-corrected chi connectivity index (χ1v) is 12.8. The number of aromatic nitrogens is 1. The molecule has 3 N–H and O–H groups in total. The Morgan fingerprint density at radius 1 is 1.12 bits per heavy atom. The zero-order chi connectivity index (χ0) is 23.9. The van der Waals surface area contributed by atoms with Crippen LogP contribution in [0.5, 0.6) is 0 Å². The molecule has 1 aromatic carbocycles. The summed E-state index contributed by atoms with van der Waals surface area (Å²) in [6.07, 6.45) is 6.95. The lowest BCUT2D eigenvalue weighted by Gasteiger charge is -2.50. The molecule has 0 spiro atoms. The molecule has 7 atom stereocenters. The van der Waals surface area contributed by atoms with Crippen LogP contribution in [-0.2, 0) is 0 Å². The van der Waals surface area contributed by atoms with Crippen molar-refractivity contribution >= 4 is 27.9 Å². The van der Waals surface area contributed by atoms with E-state index in [1.54, 1.807) is 6.20 Å². The van der Waals surface area contributed by atoms with E-state index in [1.807, 2.05) is 18.2 Å². The maximum Gasteiger partial charge on any atom is 0.145 e. The van der Waals surface area contributed by atoms with E-state index in [0.717, 1.165) is 16.3 Å². The number of pyridine rings is 1. The molecule has 0 radical (unpaired) electrons. The van der Waals surface area contributed by atoms with Crippen LogP contribution in [-0.4, -0.2) is 43.8 Å². The minimum Gasteiger partial charge on any atom is -0.393 e. The fourth-order valence-electron chi connectivity index (χ4n) is 7.65. The SMILES string of the molecule is CC12CC=C3C(O)C4(F)CC(O)CCC4CC[C@]3(O)C1CC=C2c1ccc2c(Cl)nccc2c1. The van der Waals surface area contributed by atoms with Gasteiger partial charge in [0.05, 0.1) is 11.7 Å². The third kappa shape index (κ3) is 3.03. The third-order valence-corrected chi connectivity index (χ3v) is 9.79. The summed E-state index contributed by atoms with van der Waals surface area (Å²) in [6, 6.07) is 8.13. The number of halogens is 2. The van der Waals surface area contributed by atoms with Crippen LogP contribution in [0.4, 0.5) is 4.39 Å². The molecule has 180 valence electrons. The van der Waals surface area contributed by atoms with Gasteiger partial charge < -0.3 is 15.3 Å². The summed E-state index contributed by atoms with van der Waals surface area (Å²) >= 11 is 6.27. The molecule has 4 nitrogen and oxygen atoms in total. The van der Waals surface area contributed by atoms with Gasteiger partial charge >= 0.3 is 0 Å². The predicted molar refractivity (Wildman–Crippen MR) is 131 cm³/mol. The smallest absolute Gasteiger partial charge is 0.145 e. The van der Waals surface area contributed by atoms with Crippen molar-refractivity contribution in [1.29, 1.82) is 0 Å². The van der Waals surface area contributed by atoms with Crippen molar-refractivity contribution in [1.82, 2.24) is 4.98 Å². The number of hydrogen-bond acceptors (Lipinski definition) is 4. The Labute approximate surface area is 204 Å². The first-order valence-electron chi connectivity index (χ1n) is 12.4. The van der Waals surface area contributed by atoms with Crippen LogP contribution in [0.3, 0.4) is 0 Å². The second-order valence-electron chi connectivity index (χ2n) is 11.1. The molecule has 4 aliphatic carbocycles. The Hall–Kier alpha value is -1.79. The second kappa shape index (κ2) is 7.60. The fourth-order valence-corrected chi connectivity index (χ4v) is 7.88. The van der Waals surface area contributed by atoms with Gasteiger partial charge in [0.2, 0.25) is 0 Å². The van der Waals surface area contributed by atoms with Gasteiger partial charge in [-0.3, -0.25) is 0 Å². The molecule has 0 saturated heterocycles. The average Bonchev–Trinajstić information content (AvgIpc) is 3.13. The topological polar surface area (TPSA) is 73.6 Å². The molecule has 1 aromatic heterocycles. The monoisotopic (exact) mass is 483 g/mol. The number of fused-ring (bicyclic) bond motifs is 5. The number of rotatable bonds is 1. The van der Waals surface area contributed by atoms with Crippen LogP contribution in [0.1, 0.15) is 57.4 Å². The lowest BCUT2D eigenvalue weighted by atomic mass is 9.57. The van der Waals surface area contributed by atoms with Crippen LogP contribution in [0.2, 0.25) is 5.15 Å². The predicted octanol–water partition coefficient (Wildman–Crippen LogP) is 5.38. The van der Waals surface area contributed by atoms with E-state index < -0.39 is 23.5 Å². The van der Waals surface area contributed by atoms with Gasteiger partial charge in [0, 0.05) is 29.3 Å². The van der Waals surface area contributed by atoms with Gasteiger partial charge in [0.25, 0.3) is 0 Å². The Kier molecular flexibility index (Phi) is 5.07. The number of aliphatic hydroxyl groups is 3. The van der Waals surface area contributed by atoms with Crippen molar-refractivity contribution in [2.24, 2.45) is 17.3 Å². The van der Waals surface area contributed by atoms with Crippen molar-refractivity contribution in [3.05, 3.63) is 58.9 Å². The molecular weight excluding hydrogens is 453 g/mol. The zero-order valence-electron chi connectivity index (χ0n) is 19.3. The molecule has 0 bridgehead atoms. The van der Waals surface area contributed by atoms with Crippen LogP contribution >= 0.6 is 11.6 Å². The van der Waals surface area contributed by atoms with Crippen LogP contribution in [0.15, 0.2) is 48.2 Å². The molecule has 6 rings (SSSR count). The summed E-state index contributed by atoms with van der Waals surface area (Å²) < 4.78 is 16.2. The molecule has 6 unspecified atom stereocenters. The summed E-state index contributed by atoms with van der Waals surface area (Å²) in [5, 5.41) is 36.0. The van der Waals surface area contributed by atoms with Crippen LogP contribution in [0, 0.1) is 17.3 Å². The third-order valence-electron chi connectivity index (χ3n) is 9.49. The summed E-state index contributed by atoms with van der Waals surface area (Å²) in [6.45, 7) is 2.19. The van der Waals surface area contributed by atoms with Gasteiger partial charge in [-0.15, -0.1) is 0 Å². The van der Waals surface area contributed by atoms with Gasteiger partial charge in [-0.2, -0.15) is 0 Å². The molecule has 6 heteroatoms. The highest BCUT2D eigenvalue weighted by Crippen LogP contribution is 2.63. The van der Waals surface area contributed by atoms with E-state index >= 15 is 4.39 Å². The van der Waals surface area contributed by atoms with Crippen molar-refractivity contribution in [2.45, 2.75) is 75.3 Å². The van der Waals surface area contributed by atoms with Gasteiger partial charge in [-0.05, 0) is 78.7 Å². The lowest BCUT2D eigenvalue weighted by Crippen LogP contribution is -2.55. The highest BCUT2D eigenvalue weighted by Gasteiger charge is 2.62. The van der Waals surface area contributed by atoms with E-state index in [-0.39, 0.29) is 23.7 Å². The van der Waals surface area contributed by atoms with E-state index in [2.05, 4.69) is 30.1 Å². The van der Waals surface area contributed by atoms with Gasteiger partial charge in [-0.25, -0.2) is 9.37 Å². The molecule has 2 fully saturated rings. The quantitative estimate of drug-likeness (QED) is 0.376. The Morgan fingerprint density at radius 3 is 2.76 bits per heavy atom. The van der Waals surface area contributed by atoms with E-state index in [1.165, 1.54) is 5.57 Å². The van der Waals surface area contributed by atoms with Gasteiger partial charge in [0.15, 0.2) is 0 Å². The number of allylic oxidation sites excluding steroid dienone is 3. The van der Waals surface area contributed by atoms with Gasteiger partial charge in [-0.1, -0.05) is 42.8 Å². The lowest BCUT2D eigenvalue weighted by molar-refractivity contribution is -0.0963. The van der Waals surface area contributed by atoms with Crippen molar-refractivity contribution in [3.8, 4) is 0 Å². The van der Waals surface area contributed by atoms with Crippen LogP contribution < -0.4 is 0 Å². The second-order valence-corrected chi connectivity index (χ2v) is 11.5. The average molecular weight is 484 g/mol. The molecule has 2 saturated carbocycles. The normalized spacial score (nSPS) is 41.7. The van der Waals surface area contributed by atoms with Crippen molar-refractivity contribution in [2.75, 3.05) is 0 Å². The molecule has 1 heterocycles. The molecule has 0 amide bonds. The first-order chi connectivity index (χ1) is 16.2. The number of aliphatic hydroxyl groups excluding tert-OH is 2. The Balaban J connectivity index is 1.39. The highest BCUT2D eigenvalue weighted by atomic mass is 35.5. The van der Waals surface area contributed by atoms with Gasteiger partial charge in [0.1, 0.15) is 16.9 Å².